The number of aromatic amines is 1. The molecule has 2 aromatic carbocycles. The highest BCUT2D eigenvalue weighted by Gasteiger charge is 2.45. The van der Waals surface area contributed by atoms with Gasteiger partial charge in [0.05, 0.1) is 24.4 Å². The number of carboxylic acid groups (broad SMARTS) is 1. The number of nitrogens with one attached hydrogen (secondary N) is 1. The molecule has 3 aromatic rings. The summed E-state index contributed by atoms with van der Waals surface area (Å²) in [4.78, 5) is 17.3. The molecule has 2 N–H and O–H groups in total. The van der Waals surface area contributed by atoms with Crippen LogP contribution in [0.15, 0.2) is 42.6 Å². The predicted molar refractivity (Wildman–Crippen MR) is 128 cm³/mol. The number of likely N-dealkylation sites (tertiary alicyclic amines) is 1. The SMILES string of the molecule is COc1cc(C)c2[nH]ccc2c1CN1CCC2(CCC(C)O2)C[C@H]1c1ccc(C(=O)O)cc1. The lowest BCUT2D eigenvalue weighted by atomic mass is 9.81. The summed E-state index contributed by atoms with van der Waals surface area (Å²) in [7, 11) is 1.73. The van der Waals surface area contributed by atoms with Gasteiger partial charge in [-0.05, 0) is 74.9 Å². The lowest BCUT2D eigenvalue weighted by molar-refractivity contribution is -0.0910. The van der Waals surface area contributed by atoms with Crippen LogP contribution in [0.5, 0.6) is 5.75 Å². The Bertz CT molecular complexity index is 1170. The molecule has 2 aliphatic rings. The first kappa shape index (κ1) is 22.0. The molecule has 2 aliphatic heterocycles. The molecular formula is C27H32N2O4. The average molecular weight is 449 g/mol. The molecule has 0 radical (unpaired) electrons. The number of hydrogen-bond acceptors (Lipinski definition) is 4. The third-order valence-corrected chi connectivity index (χ3v) is 7.55. The van der Waals surface area contributed by atoms with Crippen LogP contribution < -0.4 is 4.74 Å². The van der Waals surface area contributed by atoms with E-state index in [-0.39, 0.29) is 11.6 Å². The van der Waals surface area contributed by atoms with Crippen molar-refractivity contribution in [1.29, 1.82) is 0 Å². The molecule has 3 heterocycles. The zero-order chi connectivity index (χ0) is 23.2. The van der Waals surface area contributed by atoms with E-state index in [1.54, 1.807) is 19.2 Å². The summed E-state index contributed by atoms with van der Waals surface area (Å²) in [5, 5.41) is 10.5. The number of aromatic nitrogens is 1. The number of fused-ring (bicyclic) bond motifs is 1. The van der Waals surface area contributed by atoms with Gasteiger partial charge in [0, 0.05) is 41.8 Å². The van der Waals surface area contributed by atoms with Gasteiger partial charge < -0.3 is 19.6 Å². The Morgan fingerprint density at radius 2 is 2.06 bits per heavy atom. The van der Waals surface area contributed by atoms with Gasteiger partial charge in [0.1, 0.15) is 5.75 Å². The lowest BCUT2D eigenvalue weighted by Crippen LogP contribution is -2.46. The number of piperidine rings is 1. The van der Waals surface area contributed by atoms with E-state index in [1.807, 2.05) is 18.3 Å². The monoisotopic (exact) mass is 448 g/mol. The molecule has 2 saturated heterocycles. The first-order valence-electron chi connectivity index (χ1n) is 11.8. The number of aryl methyl sites for hydroxylation is 1. The molecular weight excluding hydrogens is 416 g/mol. The summed E-state index contributed by atoms with van der Waals surface area (Å²) in [5.74, 6) is 0.0105. The van der Waals surface area contributed by atoms with Gasteiger partial charge in [-0.2, -0.15) is 0 Å². The van der Waals surface area contributed by atoms with Crippen LogP contribution in [0.25, 0.3) is 10.9 Å². The van der Waals surface area contributed by atoms with Crippen molar-refractivity contribution in [2.24, 2.45) is 0 Å². The third kappa shape index (κ3) is 4.02. The van der Waals surface area contributed by atoms with Crippen LogP contribution in [-0.4, -0.2) is 46.3 Å². The molecule has 1 spiro atoms. The Balaban J connectivity index is 1.52. The fraction of sp³-hybridized carbons (Fsp3) is 0.444. The molecule has 0 aliphatic carbocycles. The highest BCUT2D eigenvalue weighted by atomic mass is 16.5. The number of methoxy groups -OCH3 is 1. The number of aromatic carboxylic acids is 1. The van der Waals surface area contributed by atoms with Gasteiger partial charge in [-0.1, -0.05) is 12.1 Å². The van der Waals surface area contributed by atoms with Crippen LogP contribution in [-0.2, 0) is 11.3 Å². The highest BCUT2D eigenvalue weighted by molar-refractivity contribution is 5.88. The van der Waals surface area contributed by atoms with E-state index in [0.717, 1.165) is 55.6 Å². The van der Waals surface area contributed by atoms with Gasteiger partial charge in [-0.25, -0.2) is 4.79 Å². The molecule has 33 heavy (non-hydrogen) atoms. The Kier molecular flexibility index (Phi) is 5.67. The van der Waals surface area contributed by atoms with Gasteiger partial charge in [-0.15, -0.1) is 0 Å². The third-order valence-electron chi connectivity index (χ3n) is 7.55. The normalized spacial score (nSPS) is 25.7. The minimum Gasteiger partial charge on any atom is -0.496 e. The van der Waals surface area contributed by atoms with Crippen LogP contribution in [0.1, 0.15) is 65.7 Å². The first-order valence-corrected chi connectivity index (χ1v) is 11.8. The van der Waals surface area contributed by atoms with Crippen LogP contribution >= 0.6 is 0 Å². The fourth-order valence-corrected chi connectivity index (χ4v) is 5.78. The Labute approximate surface area is 194 Å². The van der Waals surface area contributed by atoms with Crippen LogP contribution in [0.3, 0.4) is 0 Å². The van der Waals surface area contributed by atoms with E-state index in [1.165, 1.54) is 16.5 Å². The van der Waals surface area contributed by atoms with Crippen molar-refractivity contribution in [1.82, 2.24) is 9.88 Å². The second-order valence-corrected chi connectivity index (χ2v) is 9.66. The van der Waals surface area contributed by atoms with Gasteiger partial charge in [0.2, 0.25) is 0 Å². The molecule has 5 rings (SSSR count). The van der Waals surface area contributed by atoms with Gasteiger partial charge in [0.25, 0.3) is 0 Å². The van der Waals surface area contributed by atoms with Crippen molar-refractivity contribution in [3.63, 3.8) is 0 Å². The molecule has 6 heteroatoms. The number of hydrogen-bond donors (Lipinski definition) is 2. The Morgan fingerprint density at radius 1 is 1.27 bits per heavy atom. The number of carboxylic acids is 1. The average Bonchev–Trinajstić information content (AvgIpc) is 3.44. The van der Waals surface area contributed by atoms with E-state index < -0.39 is 5.97 Å². The minimum absolute atomic E-state index is 0.0905. The number of carbonyl (C=O) groups is 1. The summed E-state index contributed by atoms with van der Waals surface area (Å²) in [6, 6.07) is 11.8. The maximum Gasteiger partial charge on any atom is 0.335 e. The van der Waals surface area contributed by atoms with Crippen molar-refractivity contribution in [2.75, 3.05) is 13.7 Å². The van der Waals surface area contributed by atoms with Crippen LogP contribution in [0, 0.1) is 6.92 Å². The Morgan fingerprint density at radius 3 is 2.73 bits per heavy atom. The molecule has 6 nitrogen and oxygen atoms in total. The second-order valence-electron chi connectivity index (χ2n) is 9.66. The summed E-state index contributed by atoms with van der Waals surface area (Å²) in [6.45, 7) is 5.94. The van der Waals surface area contributed by atoms with Crippen LogP contribution in [0.4, 0.5) is 0 Å². The lowest BCUT2D eigenvalue weighted by Gasteiger charge is -2.45. The molecule has 174 valence electrons. The molecule has 3 atom stereocenters. The van der Waals surface area contributed by atoms with Crippen molar-refractivity contribution in [2.45, 2.75) is 63.8 Å². The molecule has 2 unspecified atom stereocenters. The predicted octanol–water partition coefficient (Wildman–Crippen LogP) is 5.46. The van der Waals surface area contributed by atoms with E-state index in [4.69, 9.17) is 9.47 Å². The number of benzene rings is 2. The quantitative estimate of drug-likeness (QED) is 0.542. The number of H-pyrrole nitrogens is 1. The molecule has 0 bridgehead atoms. The molecule has 1 aromatic heterocycles. The smallest absolute Gasteiger partial charge is 0.335 e. The number of ether oxygens (including phenoxy) is 2. The summed E-state index contributed by atoms with van der Waals surface area (Å²) >= 11 is 0. The highest BCUT2D eigenvalue weighted by Crippen LogP contribution is 2.47. The van der Waals surface area contributed by atoms with Crippen LogP contribution in [0.2, 0.25) is 0 Å². The van der Waals surface area contributed by atoms with Crippen molar-refractivity contribution in [3.8, 4) is 5.75 Å². The van der Waals surface area contributed by atoms with Crippen molar-refractivity contribution in [3.05, 3.63) is 64.8 Å². The zero-order valence-corrected chi connectivity index (χ0v) is 19.6. The molecule has 2 fully saturated rings. The largest absolute Gasteiger partial charge is 0.496 e. The summed E-state index contributed by atoms with van der Waals surface area (Å²) in [5.41, 5.74) is 4.86. The van der Waals surface area contributed by atoms with E-state index >= 15 is 0 Å². The fourth-order valence-electron chi connectivity index (χ4n) is 5.78. The van der Waals surface area contributed by atoms with E-state index in [9.17, 15) is 9.90 Å². The van der Waals surface area contributed by atoms with Gasteiger partial charge >= 0.3 is 5.97 Å². The maximum absolute atomic E-state index is 11.4. The standard InChI is InChI=1S/C27H32N2O4/c1-17-14-24(32-3)22(21-9-12-28-25(17)21)16-29-13-11-27(10-8-18(2)33-27)15-23(29)19-4-6-20(7-5-19)26(30)31/h4-7,9,12,14,18,23,28H,8,10-11,13,15-16H2,1-3H3,(H,30,31)/t18?,23-,27?/m0/s1. The number of rotatable bonds is 5. The molecule has 0 amide bonds. The second kappa shape index (κ2) is 8.50. The number of nitrogens with zero attached hydrogens (tertiary/aromatic N) is 1. The van der Waals surface area contributed by atoms with E-state index in [2.05, 4.69) is 35.9 Å². The minimum atomic E-state index is -0.897. The van der Waals surface area contributed by atoms with Gasteiger partial charge in [-0.3, -0.25) is 4.90 Å². The molecule has 0 saturated carbocycles. The Hall–Kier alpha value is -2.83. The maximum atomic E-state index is 11.4. The van der Waals surface area contributed by atoms with Gasteiger partial charge in [0.15, 0.2) is 0 Å². The zero-order valence-electron chi connectivity index (χ0n) is 19.6. The van der Waals surface area contributed by atoms with Crippen molar-refractivity contribution < 1.29 is 19.4 Å². The van der Waals surface area contributed by atoms with Crippen molar-refractivity contribution >= 4 is 16.9 Å². The first-order chi connectivity index (χ1) is 15.9. The summed E-state index contributed by atoms with van der Waals surface area (Å²) < 4.78 is 12.3. The summed E-state index contributed by atoms with van der Waals surface area (Å²) in [6.07, 6.45) is 6.38. The van der Waals surface area contributed by atoms with E-state index in [0.29, 0.717) is 11.7 Å². The topological polar surface area (TPSA) is 74.8 Å².